The number of phosphoric ester groups is 1. The molecule has 11 heteroatoms. The molecule has 0 saturated heterocycles. The van der Waals surface area contributed by atoms with Crippen molar-refractivity contribution in [1.29, 1.82) is 0 Å². The zero-order valence-corrected chi connectivity index (χ0v) is 36.4. The fourth-order valence-corrected chi connectivity index (χ4v) is 6.22. The number of ether oxygens (including phenoxy) is 2. The van der Waals surface area contributed by atoms with E-state index in [0.29, 0.717) is 19.3 Å². The number of aliphatic hydroxyl groups excluding tert-OH is 2. The third kappa shape index (κ3) is 41.4. The molecule has 0 aliphatic rings. The van der Waals surface area contributed by atoms with E-state index in [0.717, 1.165) is 64.2 Å². The first kappa shape index (κ1) is 54.4. The lowest BCUT2D eigenvalue weighted by Crippen LogP contribution is -2.29. The van der Waals surface area contributed by atoms with Crippen molar-refractivity contribution in [3.05, 3.63) is 72.9 Å². The van der Waals surface area contributed by atoms with Crippen molar-refractivity contribution in [2.75, 3.05) is 26.4 Å². The van der Waals surface area contributed by atoms with E-state index >= 15 is 0 Å². The van der Waals surface area contributed by atoms with Crippen LogP contribution in [0.15, 0.2) is 72.9 Å². The van der Waals surface area contributed by atoms with Crippen LogP contribution < -0.4 is 0 Å². The molecule has 0 aliphatic carbocycles. The Kier molecular flexibility index (Phi) is 39.7. The summed E-state index contributed by atoms with van der Waals surface area (Å²) in [4.78, 5) is 35.0. The second-order valence-corrected chi connectivity index (χ2v) is 15.8. The Balaban J connectivity index is 4.44. The van der Waals surface area contributed by atoms with E-state index in [1.807, 2.05) is 6.08 Å². The van der Waals surface area contributed by atoms with E-state index in [-0.39, 0.29) is 19.4 Å². The van der Waals surface area contributed by atoms with Crippen LogP contribution in [0.1, 0.15) is 168 Å². The zero-order valence-electron chi connectivity index (χ0n) is 35.5. The van der Waals surface area contributed by atoms with Crippen LogP contribution in [0.25, 0.3) is 0 Å². The van der Waals surface area contributed by atoms with Gasteiger partial charge >= 0.3 is 19.8 Å². The molecule has 0 rings (SSSR count). The maximum atomic E-state index is 12.6. The summed E-state index contributed by atoms with van der Waals surface area (Å²) in [7, 11) is -4.64. The van der Waals surface area contributed by atoms with Crippen molar-refractivity contribution in [2.45, 2.75) is 180 Å². The van der Waals surface area contributed by atoms with E-state index in [2.05, 4.69) is 85.2 Å². The lowest BCUT2D eigenvalue weighted by Gasteiger charge is -2.20. The molecule has 328 valence electrons. The standard InChI is InChI=1S/C46H79O10P/c1-3-5-7-9-11-13-15-17-19-21-23-25-27-29-31-33-35-37-45(49)53-41-44(42-55-57(51,52)54-40-43(48)39-47)56-46(50)38-36-34-32-30-28-26-24-22-20-18-16-14-12-10-8-6-4-2/h12,14,17-20,23-26,29,31,43-44,47-48H,3-11,13,15-16,21-22,27-28,30,32-42H2,1-2H3,(H,51,52)/b14-12+,19-17+,20-18+,25-23+,26-24+,31-29+/t43-,44+/m0/s1. The molecule has 1 unspecified atom stereocenters. The maximum absolute atomic E-state index is 12.6. The topological polar surface area (TPSA) is 149 Å². The Morgan fingerprint density at radius 2 is 0.930 bits per heavy atom. The van der Waals surface area contributed by atoms with Crippen LogP contribution >= 0.6 is 7.82 Å². The van der Waals surface area contributed by atoms with Gasteiger partial charge in [-0.15, -0.1) is 0 Å². The van der Waals surface area contributed by atoms with Crippen LogP contribution in [-0.4, -0.2) is 65.7 Å². The largest absolute Gasteiger partial charge is 0.472 e. The molecule has 0 aromatic rings. The highest BCUT2D eigenvalue weighted by molar-refractivity contribution is 7.47. The number of carbonyl (C=O) groups is 2. The Morgan fingerprint density at radius 1 is 0.526 bits per heavy atom. The summed E-state index contributed by atoms with van der Waals surface area (Å²) in [6, 6.07) is 0. The number of carbonyl (C=O) groups excluding carboxylic acids is 2. The summed E-state index contributed by atoms with van der Waals surface area (Å²) < 4.78 is 32.6. The number of aliphatic hydroxyl groups is 2. The SMILES string of the molecule is CCCCC/C=C/C/C=C/C/C=C/CCCCCCC(=O)O[C@H](COC(=O)CCC/C=C/C/C=C/C/C=C/CCCCCCCC)COP(=O)(O)OC[C@@H](O)CO. The second kappa shape index (κ2) is 41.6. The van der Waals surface area contributed by atoms with Gasteiger partial charge in [-0.05, 0) is 83.5 Å². The highest BCUT2D eigenvalue weighted by Gasteiger charge is 2.27. The normalized spacial score (nSPS) is 14.5. The zero-order chi connectivity index (χ0) is 41.9. The van der Waals surface area contributed by atoms with Gasteiger partial charge in [-0.1, -0.05) is 145 Å². The van der Waals surface area contributed by atoms with Gasteiger partial charge in [-0.25, -0.2) is 4.57 Å². The molecule has 0 aliphatic heterocycles. The van der Waals surface area contributed by atoms with Crippen molar-refractivity contribution >= 4 is 19.8 Å². The molecule has 0 radical (unpaired) electrons. The predicted molar refractivity (Wildman–Crippen MR) is 233 cm³/mol. The molecule has 0 amide bonds. The van der Waals surface area contributed by atoms with E-state index in [1.54, 1.807) is 0 Å². The molecule has 0 aromatic heterocycles. The van der Waals surface area contributed by atoms with Crippen LogP contribution in [-0.2, 0) is 32.7 Å². The average Bonchev–Trinajstić information content (AvgIpc) is 3.20. The minimum atomic E-state index is -4.64. The van der Waals surface area contributed by atoms with Gasteiger partial charge in [0, 0.05) is 12.8 Å². The van der Waals surface area contributed by atoms with Crippen LogP contribution in [0.4, 0.5) is 0 Å². The van der Waals surface area contributed by atoms with Crippen molar-refractivity contribution in [3.63, 3.8) is 0 Å². The summed E-state index contributed by atoms with van der Waals surface area (Å²) in [5.74, 6) is -1.02. The number of rotatable bonds is 40. The lowest BCUT2D eigenvalue weighted by molar-refractivity contribution is -0.161. The molecule has 3 N–H and O–H groups in total. The second-order valence-electron chi connectivity index (χ2n) is 14.4. The Hall–Kier alpha value is -2.59. The summed E-state index contributed by atoms with van der Waals surface area (Å²) in [6.07, 6.45) is 47.3. The van der Waals surface area contributed by atoms with Crippen LogP contribution in [0.2, 0.25) is 0 Å². The van der Waals surface area contributed by atoms with Gasteiger partial charge in [0.05, 0.1) is 19.8 Å². The fraction of sp³-hybridized carbons (Fsp3) is 0.696. The minimum absolute atomic E-state index is 0.144. The maximum Gasteiger partial charge on any atom is 0.472 e. The molecule has 0 spiro atoms. The molecule has 0 aromatic carbocycles. The van der Waals surface area contributed by atoms with Crippen molar-refractivity contribution < 1.29 is 47.8 Å². The fourth-order valence-electron chi connectivity index (χ4n) is 5.43. The van der Waals surface area contributed by atoms with Gasteiger partial charge in [0.2, 0.25) is 0 Å². The van der Waals surface area contributed by atoms with Gasteiger partial charge in [-0.2, -0.15) is 0 Å². The summed E-state index contributed by atoms with van der Waals surface area (Å²) >= 11 is 0. The lowest BCUT2D eigenvalue weighted by atomic mass is 10.1. The number of hydrogen-bond acceptors (Lipinski definition) is 9. The monoisotopic (exact) mass is 823 g/mol. The minimum Gasteiger partial charge on any atom is -0.462 e. The third-order valence-corrected chi connectivity index (χ3v) is 9.78. The van der Waals surface area contributed by atoms with Gasteiger partial charge in [0.1, 0.15) is 12.7 Å². The summed E-state index contributed by atoms with van der Waals surface area (Å²) in [6.45, 7) is 2.25. The van der Waals surface area contributed by atoms with E-state index < -0.39 is 51.8 Å². The smallest absolute Gasteiger partial charge is 0.462 e. The number of unbranched alkanes of at least 4 members (excludes halogenated alkanes) is 14. The number of hydrogen-bond donors (Lipinski definition) is 3. The first-order valence-electron chi connectivity index (χ1n) is 21.9. The Bertz CT molecular complexity index is 1180. The van der Waals surface area contributed by atoms with Crippen LogP contribution in [0, 0.1) is 0 Å². The molecule has 10 nitrogen and oxygen atoms in total. The van der Waals surface area contributed by atoms with Crippen molar-refractivity contribution in [2.24, 2.45) is 0 Å². The highest BCUT2D eigenvalue weighted by atomic mass is 31.2. The first-order valence-corrected chi connectivity index (χ1v) is 23.4. The van der Waals surface area contributed by atoms with Crippen LogP contribution in [0.3, 0.4) is 0 Å². The Morgan fingerprint density at radius 3 is 1.46 bits per heavy atom. The highest BCUT2D eigenvalue weighted by Crippen LogP contribution is 2.43. The number of allylic oxidation sites excluding steroid dienone is 12. The molecule has 0 fully saturated rings. The molecule has 0 bridgehead atoms. The molecule has 0 saturated carbocycles. The Labute approximate surface area is 346 Å². The van der Waals surface area contributed by atoms with E-state index in [4.69, 9.17) is 19.1 Å². The van der Waals surface area contributed by atoms with Crippen LogP contribution in [0.5, 0.6) is 0 Å². The van der Waals surface area contributed by atoms with Gasteiger partial charge in [-0.3, -0.25) is 18.6 Å². The summed E-state index contributed by atoms with van der Waals surface area (Å²) in [5, 5.41) is 18.3. The van der Waals surface area contributed by atoms with Crippen molar-refractivity contribution in [3.8, 4) is 0 Å². The van der Waals surface area contributed by atoms with Crippen molar-refractivity contribution in [1.82, 2.24) is 0 Å². The summed E-state index contributed by atoms with van der Waals surface area (Å²) in [5.41, 5.74) is 0. The number of phosphoric acid groups is 1. The first-order chi connectivity index (χ1) is 27.7. The quantitative estimate of drug-likeness (QED) is 0.0236. The molecule has 3 atom stereocenters. The van der Waals surface area contributed by atoms with E-state index in [9.17, 15) is 24.2 Å². The predicted octanol–water partition coefficient (Wildman–Crippen LogP) is 11.7. The van der Waals surface area contributed by atoms with Gasteiger partial charge < -0.3 is 24.6 Å². The average molecular weight is 823 g/mol. The van der Waals surface area contributed by atoms with Gasteiger partial charge in [0.15, 0.2) is 6.10 Å². The third-order valence-electron chi connectivity index (χ3n) is 8.83. The van der Waals surface area contributed by atoms with E-state index in [1.165, 1.54) is 57.8 Å². The molecular weight excluding hydrogens is 743 g/mol. The van der Waals surface area contributed by atoms with Gasteiger partial charge in [0.25, 0.3) is 0 Å². The molecule has 57 heavy (non-hydrogen) atoms. The molecule has 0 heterocycles. The number of esters is 2. The molecular formula is C46H79O10P.